The van der Waals surface area contributed by atoms with Gasteiger partial charge in [-0.1, -0.05) is 18.2 Å². The van der Waals surface area contributed by atoms with E-state index in [-0.39, 0.29) is 35.7 Å². The number of imidazole rings is 1. The second-order valence-corrected chi connectivity index (χ2v) is 6.03. The van der Waals surface area contributed by atoms with Gasteiger partial charge >= 0.3 is 0 Å². The van der Waals surface area contributed by atoms with Crippen LogP contribution in [-0.4, -0.2) is 39.2 Å². The quantitative estimate of drug-likeness (QED) is 0.728. The van der Waals surface area contributed by atoms with Crippen LogP contribution < -0.4 is 5.32 Å². The first-order valence-corrected chi connectivity index (χ1v) is 8.84. The molecule has 0 aliphatic carbocycles. The third-order valence-electron chi connectivity index (χ3n) is 4.37. The van der Waals surface area contributed by atoms with Crippen LogP contribution in [-0.2, 0) is 6.54 Å². The van der Waals surface area contributed by atoms with E-state index in [9.17, 15) is 14.0 Å². The standard InChI is InChI=1S/C20H21FN4O2/c1-3-24(4-2)20(27)18-23-17(16-7-5-6-12-25(16)18)19(26)22-13-14-8-10-15(21)11-9-14/h5-12H,3-4,13H2,1-2H3,(H,22,26). The van der Waals surface area contributed by atoms with Crippen LogP contribution in [0.3, 0.4) is 0 Å². The number of hydrogen-bond donors (Lipinski definition) is 1. The molecule has 27 heavy (non-hydrogen) atoms. The van der Waals surface area contributed by atoms with Crippen LogP contribution >= 0.6 is 0 Å². The second kappa shape index (κ2) is 7.99. The first kappa shape index (κ1) is 18.6. The van der Waals surface area contributed by atoms with E-state index in [1.165, 1.54) is 12.1 Å². The molecule has 0 fully saturated rings. The minimum Gasteiger partial charge on any atom is -0.347 e. The Bertz CT molecular complexity index is 962. The summed E-state index contributed by atoms with van der Waals surface area (Å²) < 4.78 is 14.6. The normalized spacial score (nSPS) is 10.8. The fourth-order valence-corrected chi connectivity index (χ4v) is 2.88. The summed E-state index contributed by atoms with van der Waals surface area (Å²) in [5.74, 6) is -0.730. The van der Waals surface area contributed by atoms with Gasteiger partial charge in [-0.25, -0.2) is 9.37 Å². The summed E-state index contributed by atoms with van der Waals surface area (Å²) in [6.45, 7) is 5.15. The Balaban J connectivity index is 1.88. The van der Waals surface area contributed by atoms with Crippen molar-refractivity contribution in [1.82, 2.24) is 19.6 Å². The summed E-state index contributed by atoms with van der Waals surface area (Å²) in [5, 5.41) is 2.77. The Kier molecular flexibility index (Phi) is 5.49. The minimum atomic E-state index is -0.387. The van der Waals surface area contributed by atoms with Crippen molar-refractivity contribution in [3.8, 4) is 0 Å². The topological polar surface area (TPSA) is 66.7 Å². The summed E-state index contributed by atoms with van der Waals surface area (Å²) in [5.41, 5.74) is 1.52. The zero-order valence-corrected chi connectivity index (χ0v) is 15.3. The maximum Gasteiger partial charge on any atom is 0.290 e. The van der Waals surface area contributed by atoms with Gasteiger partial charge in [0.25, 0.3) is 11.8 Å². The van der Waals surface area contributed by atoms with Gasteiger partial charge < -0.3 is 10.2 Å². The number of carbonyl (C=O) groups excluding carboxylic acids is 2. The fraction of sp³-hybridized carbons (Fsp3) is 0.250. The Labute approximate surface area is 156 Å². The van der Waals surface area contributed by atoms with Gasteiger partial charge in [0.15, 0.2) is 5.69 Å². The third kappa shape index (κ3) is 3.81. The number of carbonyl (C=O) groups is 2. The smallest absolute Gasteiger partial charge is 0.290 e. The summed E-state index contributed by atoms with van der Waals surface area (Å²) >= 11 is 0. The molecular weight excluding hydrogens is 347 g/mol. The summed E-state index contributed by atoms with van der Waals surface area (Å²) in [6, 6.07) is 11.2. The van der Waals surface area contributed by atoms with E-state index in [0.29, 0.717) is 18.6 Å². The molecule has 0 saturated heterocycles. The molecule has 3 rings (SSSR count). The van der Waals surface area contributed by atoms with Crippen molar-refractivity contribution in [1.29, 1.82) is 0 Å². The van der Waals surface area contributed by atoms with Gasteiger partial charge in [-0.3, -0.25) is 14.0 Å². The molecule has 0 unspecified atom stereocenters. The largest absolute Gasteiger partial charge is 0.347 e. The lowest BCUT2D eigenvalue weighted by atomic mass is 10.2. The molecule has 6 nitrogen and oxygen atoms in total. The van der Waals surface area contributed by atoms with E-state index in [2.05, 4.69) is 10.3 Å². The van der Waals surface area contributed by atoms with Crippen LogP contribution in [0, 0.1) is 5.82 Å². The Hall–Kier alpha value is -3.22. The van der Waals surface area contributed by atoms with Gasteiger partial charge in [0.2, 0.25) is 5.82 Å². The molecule has 0 atom stereocenters. The number of halogens is 1. The zero-order chi connectivity index (χ0) is 19.4. The van der Waals surface area contributed by atoms with E-state index >= 15 is 0 Å². The summed E-state index contributed by atoms with van der Waals surface area (Å²) in [6.07, 6.45) is 1.72. The molecule has 1 N–H and O–H groups in total. The van der Waals surface area contributed by atoms with Crippen molar-refractivity contribution in [2.75, 3.05) is 13.1 Å². The van der Waals surface area contributed by atoms with Crippen LogP contribution in [0.5, 0.6) is 0 Å². The highest BCUT2D eigenvalue weighted by atomic mass is 19.1. The van der Waals surface area contributed by atoms with Crippen molar-refractivity contribution < 1.29 is 14.0 Å². The van der Waals surface area contributed by atoms with Crippen molar-refractivity contribution in [2.24, 2.45) is 0 Å². The Morgan fingerprint density at radius 2 is 1.81 bits per heavy atom. The SMILES string of the molecule is CCN(CC)C(=O)c1nc(C(=O)NCc2ccc(F)cc2)c2ccccn12. The number of benzene rings is 1. The Morgan fingerprint density at radius 3 is 2.48 bits per heavy atom. The van der Waals surface area contributed by atoms with Crippen molar-refractivity contribution in [3.05, 3.63) is 71.6 Å². The average molecular weight is 368 g/mol. The van der Waals surface area contributed by atoms with Crippen LogP contribution in [0.1, 0.15) is 40.5 Å². The average Bonchev–Trinajstić information content (AvgIpc) is 3.08. The molecule has 140 valence electrons. The molecule has 2 heterocycles. The molecule has 0 bridgehead atoms. The van der Waals surface area contributed by atoms with Crippen LogP contribution in [0.15, 0.2) is 48.7 Å². The molecule has 0 aliphatic heterocycles. The van der Waals surface area contributed by atoms with Gasteiger partial charge in [0.1, 0.15) is 5.82 Å². The predicted octanol–water partition coefficient (Wildman–Crippen LogP) is 2.89. The lowest BCUT2D eigenvalue weighted by molar-refractivity contribution is 0.0760. The lowest BCUT2D eigenvalue weighted by Gasteiger charge is -2.17. The first-order chi connectivity index (χ1) is 13.0. The third-order valence-corrected chi connectivity index (χ3v) is 4.37. The maximum atomic E-state index is 13.0. The number of aromatic nitrogens is 2. The van der Waals surface area contributed by atoms with E-state index < -0.39 is 0 Å². The molecule has 7 heteroatoms. The molecule has 0 spiro atoms. The number of rotatable bonds is 6. The van der Waals surface area contributed by atoms with Crippen LogP contribution in [0.2, 0.25) is 0 Å². The van der Waals surface area contributed by atoms with Gasteiger partial charge in [-0.05, 0) is 43.7 Å². The summed E-state index contributed by atoms with van der Waals surface area (Å²) in [4.78, 5) is 31.4. The molecular formula is C20H21FN4O2. The number of hydrogen-bond acceptors (Lipinski definition) is 3. The van der Waals surface area contributed by atoms with Crippen molar-refractivity contribution >= 4 is 17.3 Å². The first-order valence-electron chi connectivity index (χ1n) is 8.84. The van der Waals surface area contributed by atoms with Gasteiger partial charge in [-0.2, -0.15) is 0 Å². The number of fused-ring (bicyclic) bond motifs is 1. The van der Waals surface area contributed by atoms with E-state index in [1.54, 1.807) is 45.8 Å². The number of amides is 2. The number of pyridine rings is 1. The maximum absolute atomic E-state index is 13.0. The molecule has 1 aromatic carbocycles. The van der Waals surface area contributed by atoms with Crippen molar-refractivity contribution in [3.63, 3.8) is 0 Å². The Morgan fingerprint density at radius 1 is 1.11 bits per heavy atom. The summed E-state index contributed by atoms with van der Waals surface area (Å²) in [7, 11) is 0. The van der Waals surface area contributed by atoms with Crippen molar-refractivity contribution in [2.45, 2.75) is 20.4 Å². The fourth-order valence-electron chi connectivity index (χ4n) is 2.88. The minimum absolute atomic E-state index is 0.188. The van der Waals surface area contributed by atoms with E-state index in [4.69, 9.17) is 0 Å². The van der Waals surface area contributed by atoms with Gasteiger partial charge in [-0.15, -0.1) is 0 Å². The van der Waals surface area contributed by atoms with E-state index in [1.807, 2.05) is 13.8 Å². The molecule has 2 amide bonds. The highest BCUT2D eigenvalue weighted by Crippen LogP contribution is 2.15. The molecule has 0 saturated carbocycles. The highest BCUT2D eigenvalue weighted by molar-refractivity contribution is 6.02. The monoisotopic (exact) mass is 368 g/mol. The van der Waals surface area contributed by atoms with Gasteiger partial charge in [0, 0.05) is 25.8 Å². The van der Waals surface area contributed by atoms with Crippen LogP contribution in [0.25, 0.3) is 5.52 Å². The van der Waals surface area contributed by atoms with E-state index in [0.717, 1.165) is 5.56 Å². The predicted molar refractivity (Wildman–Crippen MR) is 100 cm³/mol. The molecule has 0 aliphatic rings. The molecule has 0 radical (unpaired) electrons. The molecule has 3 aromatic rings. The zero-order valence-electron chi connectivity index (χ0n) is 15.3. The number of nitrogens with one attached hydrogen (secondary N) is 1. The van der Waals surface area contributed by atoms with Crippen LogP contribution in [0.4, 0.5) is 4.39 Å². The highest BCUT2D eigenvalue weighted by Gasteiger charge is 2.23. The molecule has 2 aromatic heterocycles. The second-order valence-electron chi connectivity index (χ2n) is 6.03. The van der Waals surface area contributed by atoms with Gasteiger partial charge in [0.05, 0.1) is 5.52 Å². The number of nitrogens with zero attached hydrogens (tertiary/aromatic N) is 3. The lowest BCUT2D eigenvalue weighted by Crippen LogP contribution is -2.32.